The van der Waals surface area contributed by atoms with Crippen molar-refractivity contribution >= 4 is 5.91 Å². The molecule has 2 aromatic rings. The summed E-state index contributed by atoms with van der Waals surface area (Å²) in [4.78, 5) is 12.0. The Morgan fingerprint density at radius 1 is 1.40 bits per heavy atom. The molecular formula is C15H18N2O3. The summed E-state index contributed by atoms with van der Waals surface area (Å²) in [5.74, 6) is 1.34. The van der Waals surface area contributed by atoms with E-state index in [9.17, 15) is 4.79 Å². The van der Waals surface area contributed by atoms with E-state index >= 15 is 0 Å². The molecule has 0 aliphatic heterocycles. The SMILES string of the molecule is COc1cccc(C(C)NC(=O)c2ccc(CN)o2)c1. The Hall–Kier alpha value is -2.27. The van der Waals surface area contributed by atoms with Gasteiger partial charge in [0.15, 0.2) is 5.76 Å². The Morgan fingerprint density at radius 3 is 2.85 bits per heavy atom. The van der Waals surface area contributed by atoms with Gasteiger partial charge in [-0.15, -0.1) is 0 Å². The normalized spacial score (nSPS) is 11.9. The molecule has 5 nitrogen and oxygen atoms in total. The van der Waals surface area contributed by atoms with Crippen LogP contribution < -0.4 is 15.8 Å². The van der Waals surface area contributed by atoms with Crippen molar-refractivity contribution in [1.29, 1.82) is 0 Å². The maximum atomic E-state index is 12.0. The second-order valence-electron chi connectivity index (χ2n) is 4.44. The molecule has 0 saturated heterocycles. The van der Waals surface area contributed by atoms with E-state index < -0.39 is 0 Å². The number of hydrogen-bond donors (Lipinski definition) is 2. The van der Waals surface area contributed by atoms with Gasteiger partial charge in [0.1, 0.15) is 11.5 Å². The third kappa shape index (κ3) is 3.19. The standard InChI is InChI=1S/C15H18N2O3/c1-10(11-4-3-5-12(8-11)19-2)17-15(18)14-7-6-13(9-16)20-14/h3-8,10H,9,16H2,1-2H3,(H,17,18). The Kier molecular flexibility index (Phi) is 4.42. The van der Waals surface area contributed by atoms with E-state index in [1.807, 2.05) is 31.2 Å². The lowest BCUT2D eigenvalue weighted by Gasteiger charge is -2.14. The number of carbonyl (C=O) groups excluding carboxylic acids is 1. The summed E-state index contributed by atoms with van der Waals surface area (Å²) in [6.45, 7) is 2.18. The van der Waals surface area contributed by atoms with Crippen LogP contribution in [0.25, 0.3) is 0 Å². The first-order chi connectivity index (χ1) is 9.63. The molecule has 2 rings (SSSR count). The number of carbonyl (C=O) groups is 1. The smallest absolute Gasteiger partial charge is 0.287 e. The molecule has 106 valence electrons. The van der Waals surface area contributed by atoms with Crippen molar-refractivity contribution in [1.82, 2.24) is 5.32 Å². The zero-order valence-corrected chi connectivity index (χ0v) is 11.6. The van der Waals surface area contributed by atoms with Crippen LogP contribution >= 0.6 is 0 Å². The monoisotopic (exact) mass is 274 g/mol. The van der Waals surface area contributed by atoms with E-state index in [4.69, 9.17) is 14.9 Å². The van der Waals surface area contributed by atoms with Gasteiger partial charge in [0.2, 0.25) is 0 Å². The molecule has 0 radical (unpaired) electrons. The van der Waals surface area contributed by atoms with E-state index in [0.29, 0.717) is 5.76 Å². The van der Waals surface area contributed by atoms with Gasteiger partial charge < -0.3 is 20.2 Å². The average Bonchev–Trinajstić information content (AvgIpc) is 2.96. The lowest BCUT2D eigenvalue weighted by atomic mass is 10.1. The molecule has 0 fully saturated rings. The zero-order chi connectivity index (χ0) is 14.5. The summed E-state index contributed by atoms with van der Waals surface area (Å²) < 4.78 is 10.5. The van der Waals surface area contributed by atoms with Crippen LogP contribution in [-0.4, -0.2) is 13.0 Å². The number of ether oxygens (including phenoxy) is 1. The molecule has 0 aliphatic rings. The molecular weight excluding hydrogens is 256 g/mol. The van der Waals surface area contributed by atoms with Crippen molar-refractivity contribution in [2.45, 2.75) is 19.5 Å². The van der Waals surface area contributed by atoms with Gasteiger partial charge in [-0.3, -0.25) is 4.79 Å². The lowest BCUT2D eigenvalue weighted by molar-refractivity contribution is 0.0910. The Labute approximate surface area is 117 Å². The zero-order valence-electron chi connectivity index (χ0n) is 11.6. The van der Waals surface area contributed by atoms with Gasteiger partial charge in [-0.25, -0.2) is 0 Å². The molecule has 3 N–H and O–H groups in total. The maximum Gasteiger partial charge on any atom is 0.287 e. The largest absolute Gasteiger partial charge is 0.497 e. The number of nitrogens with one attached hydrogen (secondary N) is 1. The fourth-order valence-corrected chi connectivity index (χ4v) is 1.87. The van der Waals surface area contributed by atoms with Gasteiger partial charge in [0, 0.05) is 0 Å². The van der Waals surface area contributed by atoms with E-state index in [0.717, 1.165) is 11.3 Å². The Morgan fingerprint density at radius 2 is 2.20 bits per heavy atom. The summed E-state index contributed by atoms with van der Waals surface area (Å²) in [7, 11) is 1.61. The van der Waals surface area contributed by atoms with Crippen molar-refractivity contribution in [3.8, 4) is 5.75 Å². The van der Waals surface area contributed by atoms with E-state index in [1.54, 1.807) is 19.2 Å². The molecule has 0 bridgehead atoms. The summed E-state index contributed by atoms with van der Waals surface area (Å²) in [5.41, 5.74) is 6.41. The summed E-state index contributed by atoms with van der Waals surface area (Å²) in [6, 6.07) is 10.7. The van der Waals surface area contributed by atoms with Gasteiger partial charge >= 0.3 is 0 Å². The highest BCUT2D eigenvalue weighted by Crippen LogP contribution is 2.19. The number of hydrogen-bond acceptors (Lipinski definition) is 4. The molecule has 1 aromatic carbocycles. The van der Waals surface area contributed by atoms with Crippen LogP contribution in [0.5, 0.6) is 5.75 Å². The van der Waals surface area contributed by atoms with Crippen LogP contribution in [0.1, 0.15) is 34.8 Å². The van der Waals surface area contributed by atoms with Crippen LogP contribution in [0, 0.1) is 0 Å². The van der Waals surface area contributed by atoms with Gasteiger partial charge in [0.25, 0.3) is 5.91 Å². The topological polar surface area (TPSA) is 77.5 Å². The molecule has 1 amide bonds. The third-order valence-corrected chi connectivity index (χ3v) is 3.03. The molecule has 1 aromatic heterocycles. The van der Waals surface area contributed by atoms with Crippen LogP contribution in [0.15, 0.2) is 40.8 Å². The minimum absolute atomic E-state index is 0.149. The second-order valence-corrected chi connectivity index (χ2v) is 4.44. The Bertz CT molecular complexity index is 592. The molecule has 5 heteroatoms. The van der Waals surface area contributed by atoms with Crippen molar-refractivity contribution in [3.63, 3.8) is 0 Å². The van der Waals surface area contributed by atoms with Crippen molar-refractivity contribution in [3.05, 3.63) is 53.5 Å². The molecule has 1 atom stereocenters. The van der Waals surface area contributed by atoms with Crippen molar-refractivity contribution in [2.24, 2.45) is 5.73 Å². The summed E-state index contributed by atoms with van der Waals surface area (Å²) in [6.07, 6.45) is 0. The van der Waals surface area contributed by atoms with Crippen LogP contribution in [-0.2, 0) is 6.54 Å². The highest BCUT2D eigenvalue weighted by molar-refractivity contribution is 5.91. The number of benzene rings is 1. The highest BCUT2D eigenvalue weighted by atomic mass is 16.5. The second kappa shape index (κ2) is 6.25. The van der Waals surface area contributed by atoms with Gasteiger partial charge in [-0.2, -0.15) is 0 Å². The molecule has 1 heterocycles. The molecule has 20 heavy (non-hydrogen) atoms. The minimum Gasteiger partial charge on any atom is -0.497 e. The fraction of sp³-hybridized carbons (Fsp3) is 0.267. The number of rotatable bonds is 5. The molecule has 0 spiro atoms. The van der Waals surface area contributed by atoms with Crippen LogP contribution in [0.3, 0.4) is 0 Å². The lowest BCUT2D eigenvalue weighted by Crippen LogP contribution is -2.26. The predicted molar refractivity (Wildman–Crippen MR) is 75.5 cm³/mol. The fourth-order valence-electron chi connectivity index (χ4n) is 1.87. The van der Waals surface area contributed by atoms with Crippen LogP contribution in [0.4, 0.5) is 0 Å². The number of methoxy groups -OCH3 is 1. The molecule has 0 aliphatic carbocycles. The summed E-state index contributed by atoms with van der Waals surface area (Å²) >= 11 is 0. The van der Waals surface area contributed by atoms with Crippen molar-refractivity contribution in [2.75, 3.05) is 7.11 Å². The number of nitrogens with two attached hydrogens (primary N) is 1. The quantitative estimate of drug-likeness (QED) is 0.876. The van der Waals surface area contributed by atoms with Gasteiger partial charge in [0.05, 0.1) is 19.7 Å². The van der Waals surface area contributed by atoms with E-state index in [-0.39, 0.29) is 24.3 Å². The van der Waals surface area contributed by atoms with Crippen LogP contribution in [0.2, 0.25) is 0 Å². The van der Waals surface area contributed by atoms with E-state index in [2.05, 4.69) is 5.32 Å². The number of amides is 1. The van der Waals surface area contributed by atoms with Gasteiger partial charge in [-0.1, -0.05) is 12.1 Å². The third-order valence-electron chi connectivity index (χ3n) is 3.03. The summed E-state index contributed by atoms with van der Waals surface area (Å²) in [5, 5.41) is 2.87. The first kappa shape index (κ1) is 14.1. The Balaban J connectivity index is 2.06. The maximum absolute atomic E-state index is 12.0. The van der Waals surface area contributed by atoms with E-state index in [1.165, 1.54) is 0 Å². The predicted octanol–water partition coefficient (Wildman–Crippen LogP) is 2.24. The highest BCUT2D eigenvalue weighted by Gasteiger charge is 2.15. The van der Waals surface area contributed by atoms with Gasteiger partial charge in [-0.05, 0) is 36.8 Å². The molecule has 0 saturated carbocycles. The van der Waals surface area contributed by atoms with Crippen molar-refractivity contribution < 1.29 is 13.9 Å². The first-order valence-electron chi connectivity index (χ1n) is 6.37. The molecule has 1 unspecified atom stereocenters. The average molecular weight is 274 g/mol. The first-order valence-corrected chi connectivity index (χ1v) is 6.37. The minimum atomic E-state index is -0.264. The number of furan rings is 1.